The van der Waals surface area contributed by atoms with E-state index >= 15 is 0 Å². The number of urea groups is 1. The highest BCUT2D eigenvalue weighted by Gasteiger charge is 2.36. The molecule has 3 N–H and O–H groups in total. The topological polar surface area (TPSA) is 78.4 Å². The highest BCUT2D eigenvalue weighted by molar-refractivity contribution is 5.82. The number of nitrogens with one attached hydrogen (secondary N) is 2. The van der Waals surface area contributed by atoms with Gasteiger partial charge in [0, 0.05) is 6.04 Å². The Morgan fingerprint density at radius 2 is 2.31 bits per heavy atom. The van der Waals surface area contributed by atoms with Gasteiger partial charge in [0.05, 0.1) is 0 Å². The summed E-state index contributed by atoms with van der Waals surface area (Å²) >= 11 is 0. The van der Waals surface area contributed by atoms with E-state index in [4.69, 9.17) is 5.11 Å². The predicted molar refractivity (Wildman–Crippen MR) is 60.1 cm³/mol. The molecule has 1 aliphatic carbocycles. The fourth-order valence-electron chi connectivity index (χ4n) is 1.63. The number of hydrogen-bond acceptors (Lipinski definition) is 2. The van der Waals surface area contributed by atoms with Gasteiger partial charge in [0.2, 0.25) is 0 Å². The quantitative estimate of drug-likeness (QED) is 0.594. The Balaban J connectivity index is 2.31. The van der Waals surface area contributed by atoms with Crippen molar-refractivity contribution in [3.05, 3.63) is 12.7 Å². The second-order valence-electron chi connectivity index (χ2n) is 4.04. The van der Waals surface area contributed by atoms with Gasteiger partial charge in [-0.1, -0.05) is 19.4 Å². The Morgan fingerprint density at radius 1 is 1.62 bits per heavy atom. The van der Waals surface area contributed by atoms with E-state index in [1.54, 1.807) is 0 Å². The molecule has 3 atom stereocenters. The van der Waals surface area contributed by atoms with E-state index in [-0.39, 0.29) is 12.5 Å². The Morgan fingerprint density at radius 3 is 2.75 bits per heavy atom. The summed E-state index contributed by atoms with van der Waals surface area (Å²) in [5.41, 5.74) is 0. The van der Waals surface area contributed by atoms with Gasteiger partial charge in [-0.2, -0.15) is 0 Å². The molecule has 0 bridgehead atoms. The summed E-state index contributed by atoms with van der Waals surface area (Å²) < 4.78 is 0. The molecule has 0 aliphatic heterocycles. The van der Waals surface area contributed by atoms with Gasteiger partial charge in [0.15, 0.2) is 0 Å². The number of carbonyl (C=O) groups excluding carboxylic acids is 1. The molecule has 90 valence electrons. The van der Waals surface area contributed by atoms with Crippen LogP contribution in [0.4, 0.5) is 4.79 Å². The maximum absolute atomic E-state index is 11.4. The van der Waals surface area contributed by atoms with E-state index in [0.717, 1.165) is 12.8 Å². The van der Waals surface area contributed by atoms with Crippen LogP contribution in [-0.2, 0) is 4.79 Å². The molecule has 0 aromatic heterocycles. The van der Waals surface area contributed by atoms with Gasteiger partial charge in [-0.15, -0.1) is 6.58 Å². The first-order chi connectivity index (χ1) is 7.58. The second-order valence-corrected chi connectivity index (χ2v) is 4.04. The molecule has 5 nitrogen and oxygen atoms in total. The van der Waals surface area contributed by atoms with Crippen molar-refractivity contribution < 1.29 is 14.7 Å². The van der Waals surface area contributed by atoms with Crippen molar-refractivity contribution in [1.82, 2.24) is 10.6 Å². The minimum Gasteiger partial charge on any atom is -0.480 e. The lowest BCUT2D eigenvalue weighted by Crippen LogP contribution is -2.46. The number of carboxylic acid groups (broad SMARTS) is 1. The molecule has 0 aromatic rings. The fraction of sp³-hybridized carbons (Fsp3) is 0.636. The summed E-state index contributed by atoms with van der Waals surface area (Å²) in [6.45, 7) is 5.53. The van der Waals surface area contributed by atoms with E-state index in [1.165, 1.54) is 6.08 Å². The Bertz CT molecular complexity index is 291. The number of hydrogen-bond donors (Lipinski definition) is 3. The number of aliphatic carboxylic acids is 1. The van der Waals surface area contributed by atoms with Crippen LogP contribution in [0.2, 0.25) is 0 Å². The first kappa shape index (κ1) is 12.5. The monoisotopic (exact) mass is 226 g/mol. The summed E-state index contributed by atoms with van der Waals surface area (Å²) in [5.74, 6) is -0.494. The lowest BCUT2D eigenvalue weighted by atomic mass is 10.2. The summed E-state index contributed by atoms with van der Waals surface area (Å²) in [7, 11) is 0. The summed E-state index contributed by atoms with van der Waals surface area (Å²) in [4.78, 5) is 22.2. The number of amides is 2. The van der Waals surface area contributed by atoms with Crippen LogP contribution in [0.5, 0.6) is 0 Å². The zero-order valence-electron chi connectivity index (χ0n) is 9.40. The van der Waals surface area contributed by atoms with Gasteiger partial charge in [0.1, 0.15) is 6.04 Å². The smallest absolute Gasteiger partial charge is 0.326 e. The SMILES string of the molecule is C=CCC(NC(=O)NC1CC1CC)C(=O)O. The van der Waals surface area contributed by atoms with Crippen molar-refractivity contribution in [3.8, 4) is 0 Å². The summed E-state index contributed by atoms with van der Waals surface area (Å²) in [6, 6.07) is -1.09. The van der Waals surface area contributed by atoms with Crippen molar-refractivity contribution in [2.75, 3.05) is 0 Å². The van der Waals surface area contributed by atoms with Crippen LogP contribution in [0.1, 0.15) is 26.2 Å². The zero-order valence-corrected chi connectivity index (χ0v) is 9.40. The van der Waals surface area contributed by atoms with Crippen LogP contribution in [0.15, 0.2) is 12.7 Å². The summed E-state index contributed by atoms with van der Waals surface area (Å²) in [6.07, 6.45) is 3.73. The van der Waals surface area contributed by atoms with E-state index in [9.17, 15) is 9.59 Å². The minimum absolute atomic E-state index is 0.211. The molecule has 1 saturated carbocycles. The van der Waals surface area contributed by atoms with Crippen LogP contribution in [0, 0.1) is 5.92 Å². The van der Waals surface area contributed by atoms with Gasteiger partial charge in [-0.3, -0.25) is 0 Å². The third kappa shape index (κ3) is 3.56. The van der Waals surface area contributed by atoms with Crippen molar-refractivity contribution in [1.29, 1.82) is 0 Å². The molecule has 0 radical (unpaired) electrons. The number of carboxylic acids is 1. The van der Waals surface area contributed by atoms with Gasteiger partial charge >= 0.3 is 12.0 Å². The maximum Gasteiger partial charge on any atom is 0.326 e. The Hall–Kier alpha value is -1.52. The van der Waals surface area contributed by atoms with Crippen molar-refractivity contribution in [2.45, 2.75) is 38.3 Å². The van der Waals surface area contributed by atoms with E-state index in [2.05, 4.69) is 24.1 Å². The molecule has 3 unspecified atom stereocenters. The lowest BCUT2D eigenvalue weighted by Gasteiger charge is -2.13. The summed E-state index contributed by atoms with van der Waals surface area (Å²) in [5, 5.41) is 14.0. The van der Waals surface area contributed by atoms with Crippen molar-refractivity contribution >= 4 is 12.0 Å². The Kier molecular flexibility index (Phi) is 4.34. The van der Waals surface area contributed by atoms with Crippen LogP contribution in [-0.4, -0.2) is 29.2 Å². The molecule has 1 aliphatic rings. The van der Waals surface area contributed by atoms with E-state index < -0.39 is 18.0 Å². The number of rotatable bonds is 6. The second kappa shape index (κ2) is 5.53. The van der Waals surface area contributed by atoms with Gasteiger partial charge < -0.3 is 15.7 Å². The molecule has 0 saturated heterocycles. The van der Waals surface area contributed by atoms with Crippen LogP contribution >= 0.6 is 0 Å². The van der Waals surface area contributed by atoms with E-state index in [0.29, 0.717) is 5.92 Å². The molecule has 0 spiro atoms. The number of carbonyl (C=O) groups is 2. The third-order valence-electron chi connectivity index (χ3n) is 2.77. The molecule has 1 rings (SSSR count). The molecule has 0 heterocycles. The Labute approximate surface area is 94.9 Å². The normalized spacial score (nSPS) is 24.3. The first-order valence-corrected chi connectivity index (χ1v) is 5.49. The third-order valence-corrected chi connectivity index (χ3v) is 2.77. The van der Waals surface area contributed by atoms with Crippen LogP contribution in [0.3, 0.4) is 0 Å². The zero-order chi connectivity index (χ0) is 12.1. The first-order valence-electron chi connectivity index (χ1n) is 5.49. The van der Waals surface area contributed by atoms with Crippen molar-refractivity contribution in [2.24, 2.45) is 5.92 Å². The molecule has 0 aromatic carbocycles. The average Bonchev–Trinajstić information content (AvgIpc) is 2.95. The molecule has 16 heavy (non-hydrogen) atoms. The highest BCUT2D eigenvalue weighted by atomic mass is 16.4. The van der Waals surface area contributed by atoms with E-state index in [1.807, 2.05) is 0 Å². The fourth-order valence-corrected chi connectivity index (χ4v) is 1.63. The van der Waals surface area contributed by atoms with Gasteiger partial charge in [-0.05, 0) is 18.8 Å². The standard InChI is InChI=1S/C11H18N2O3/c1-3-5-8(10(14)15)12-11(16)13-9-6-7(9)4-2/h3,7-9H,1,4-6H2,2H3,(H,14,15)(H2,12,13,16). The molecule has 2 amide bonds. The van der Waals surface area contributed by atoms with Crippen molar-refractivity contribution in [3.63, 3.8) is 0 Å². The molecule has 5 heteroatoms. The average molecular weight is 226 g/mol. The highest BCUT2D eigenvalue weighted by Crippen LogP contribution is 2.32. The largest absolute Gasteiger partial charge is 0.480 e. The van der Waals surface area contributed by atoms with Gasteiger partial charge in [0.25, 0.3) is 0 Å². The molecular weight excluding hydrogens is 208 g/mol. The molecule has 1 fully saturated rings. The lowest BCUT2D eigenvalue weighted by molar-refractivity contribution is -0.139. The minimum atomic E-state index is -1.04. The van der Waals surface area contributed by atoms with Crippen LogP contribution in [0.25, 0.3) is 0 Å². The van der Waals surface area contributed by atoms with Crippen LogP contribution < -0.4 is 10.6 Å². The molecular formula is C11H18N2O3. The van der Waals surface area contributed by atoms with Gasteiger partial charge in [-0.25, -0.2) is 9.59 Å². The maximum atomic E-state index is 11.4. The predicted octanol–water partition coefficient (Wildman–Crippen LogP) is 1.11.